The van der Waals surface area contributed by atoms with Gasteiger partial charge in [-0.1, -0.05) is 84.5 Å². The van der Waals surface area contributed by atoms with Crippen LogP contribution in [0.5, 0.6) is 0 Å². The number of hydrogen-bond donors (Lipinski definition) is 1. The van der Waals surface area contributed by atoms with E-state index in [4.69, 9.17) is 5.73 Å². The molecule has 0 aliphatic rings. The summed E-state index contributed by atoms with van der Waals surface area (Å²) in [6.07, 6.45) is 20.9. The molecule has 140 valence electrons. The molecule has 0 saturated heterocycles. The first-order valence-corrected chi connectivity index (χ1v) is 10.8. The molecule has 2 nitrogen and oxygen atoms in total. The van der Waals surface area contributed by atoms with Crippen molar-refractivity contribution in [2.75, 3.05) is 26.2 Å². The molecule has 0 spiro atoms. The Morgan fingerprint density at radius 1 is 0.478 bits per heavy atom. The van der Waals surface area contributed by atoms with E-state index < -0.39 is 0 Å². The molecule has 0 saturated carbocycles. The molecule has 0 amide bonds. The highest BCUT2D eigenvalue weighted by Gasteiger charge is 2.03. The third-order valence-corrected chi connectivity index (χ3v) is 4.80. The summed E-state index contributed by atoms with van der Waals surface area (Å²) in [5.74, 6) is 0. The maximum atomic E-state index is 5.55. The average molecular weight is 327 g/mol. The summed E-state index contributed by atoms with van der Waals surface area (Å²) in [6, 6.07) is 0. The number of nitrogens with two attached hydrogens (primary N) is 1. The van der Waals surface area contributed by atoms with Crippen molar-refractivity contribution in [2.24, 2.45) is 5.73 Å². The van der Waals surface area contributed by atoms with Crippen LogP contribution >= 0.6 is 0 Å². The molecular formula is C21H46N2. The number of unbranched alkanes of at least 4 members (excludes halogenated alkanes) is 12. The highest BCUT2D eigenvalue weighted by molar-refractivity contribution is 4.59. The molecule has 0 rings (SSSR count). The minimum absolute atomic E-state index is 0.858. The van der Waals surface area contributed by atoms with Gasteiger partial charge in [0.2, 0.25) is 0 Å². The fourth-order valence-corrected chi connectivity index (χ4v) is 3.31. The Hall–Kier alpha value is -0.0800. The van der Waals surface area contributed by atoms with Gasteiger partial charge in [0.25, 0.3) is 0 Å². The second kappa shape index (κ2) is 20.0. The van der Waals surface area contributed by atoms with Gasteiger partial charge in [0, 0.05) is 0 Å². The number of hydrogen-bond acceptors (Lipinski definition) is 2. The van der Waals surface area contributed by atoms with Crippen molar-refractivity contribution in [3.05, 3.63) is 0 Å². The SMILES string of the molecule is CCCCCCCCCCCCN(CCC)CCCCCCN. The molecule has 0 aliphatic carbocycles. The fraction of sp³-hybridized carbons (Fsp3) is 1.00. The van der Waals surface area contributed by atoms with E-state index in [-0.39, 0.29) is 0 Å². The van der Waals surface area contributed by atoms with E-state index in [0.29, 0.717) is 0 Å². The zero-order chi connectivity index (χ0) is 17.0. The quantitative estimate of drug-likeness (QED) is 0.289. The van der Waals surface area contributed by atoms with Gasteiger partial charge < -0.3 is 10.6 Å². The van der Waals surface area contributed by atoms with Crippen molar-refractivity contribution in [3.8, 4) is 0 Å². The first-order chi connectivity index (χ1) is 11.3. The van der Waals surface area contributed by atoms with E-state index in [0.717, 1.165) is 6.54 Å². The Bertz CT molecular complexity index is 206. The van der Waals surface area contributed by atoms with E-state index in [1.165, 1.54) is 116 Å². The lowest BCUT2D eigenvalue weighted by atomic mass is 10.1. The molecule has 0 bridgehead atoms. The Kier molecular flexibility index (Phi) is 19.9. The predicted molar refractivity (Wildman–Crippen MR) is 106 cm³/mol. The molecule has 0 aromatic heterocycles. The zero-order valence-corrected chi connectivity index (χ0v) is 16.5. The lowest BCUT2D eigenvalue weighted by molar-refractivity contribution is 0.261. The van der Waals surface area contributed by atoms with Crippen LogP contribution in [-0.2, 0) is 0 Å². The van der Waals surface area contributed by atoms with Crippen LogP contribution in [-0.4, -0.2) is 31.1 Å². The van der Waals surface area contributed by atoms with Crippen molar-refractivity contribution < 1.29 is 0 Å². The van der Waals surface area contributed by atoms with Crippen molar-refractivity contribution >= 4 is 0 Å². The van der Waals surface area contributed by atoms with Crippen LogP contribution in [0.3, 0.4) is 0 Å². The minimum Gasteiger partial charge on any atom is -0.330 e. The van der Waals surface area contributed by atoms with Crippen LogP contribution in [0.1, 0.15) is 110 Å². The van der Waals surface area contributed by atoms with Gasteiger partial charge in [-0.05, 0) is 51.9 Å². The molecule has 0 aromatic carbocycles. The maximum absolute atomic E-state index is 5.55. The zero-order valence-electron chi connectivity index (χ0n) is 16.5. The molecule has 2 heteroatoms. The van der Waals surface area contributed by atoms with E-state index in [2.05, 4.69) is 18.7 Å². The Morgan fingerprint density at radius 3 is 1.35 bits per heavy atom. The van der Waals surface area contributed by atoms with E-state index in [1.54, 1.807) is 0 Å². The van der Waals surface area contributed by atoms with Gasteiger partial charge >= 0.3 is 0 Å². The lowest BCUT2D eigenvalue weighted by Gasteiger charge is -2.21. The van der Waals surface area contributed by atoms with Crippen molar-refractivity contribution in [2.45, 2.75) is 110 Å². The summed E-state index contributed by atoms with van der Waals surface area (Å²) in [7, 11) is 0. The van der Waals surface area contributed by atoms with Gasteiger partial charge in [0.1, 0.15) is 0 Å². The largest absolute Gasteiger partial charge is 0.330 e. The molecule has 0 aromatic rings. The predicted octanol–water partition coefficient (Wildman–Crippen LogP) is 6.14. The molecule has 0 unspecified atom stereocenters. The van der Waals surface area contributed by atoms with Crippen molar-refractivity contribution in [1.82, 2.24) is 4.90 Å². The van der Waals surface area contributed by atoms with Crippen molar-refractivity contribution in [1.29, 1.82) is 0 Å². The van der Waals surface area contributed by atoms with Gasteiger partial charge in [-0.15, -0.1) is 0 Å². The van der Waals surface area contributed by atoms with Gasteiger partial charge in [-0.2, -0.15) is 0 Å². The first kappa shape index (κ1) is 22.9. The van der Waals surface area contributed by atoms with E-state index in [1.807, 2.05) is 0 Å². The smallest absolute Gasteiger partial charge is 0.00187 e. The van der Waals surface area contributed by atoms with Crippen LogP contribution in [0.25, 0.3) is 0 Å². The third-order valence-electron chi connectivity index (χ3n) is 4.80. The van der Waals surface area contributed by atoms with Crippen LogP contribution < -0.4 is 5.73 Å². The van der Waals surface area contributed by atoms with Gasteiger partial charge in [-0.25, -0.2) is 0 Å². The summed E-state index contributed by atoms with van der Waals surface area (Å²) in [4.78, 5) is 2.69. The maximum Gasteiger partial charge on any atom is -0.00187 e. The van der Waals surface area contributed by atoms with Gasteiger partial charge in [-0.3, -0.25) is 0 Å². The minimum atomic E-state index is 0.858. The summed E-state index contributed by atoms with van der Waals surface area (Å²) in [5, 5.41) is 0. The summed E-state index contributed by atoms with van der Waals surface area (Å²) >= 11 is 0. The van der Waals surface area contributed by atoms with Crippen LogP contribution in [0.4, 0.5) is 0 Å². The van der Waals surface area contributed by atoms with Gasteiger partial charge in [0.15, 0.2) is 0 Å². The number of nitrogens with zero attached hydrogens (tertiary/aromatic N) is 1. The molecule has 0 heterocycles. The molecule has 0 aliphatic heterocycles. The molecule has 0 radical (unpaired) electrons. The van der Waals surface area contributed by atoms with Crippen molar-refractivity contribution in [3.63, 3.8) is 0 Å². The number of rotatable bonds is 19. The summed E-state index contributed by atoms with van der Waals surface area (Å²) in [5.41, 5.74) is 5.55. The van der Waals surface area contributed by atoms with Crippen LogP contribution in [0.15, 0.2) is 0 Å². The molecular weight excluding hydrogens is 280 g/mol. The second-order valence-electron chi connectivity index (χ2n) is 7.23. The highest BCUT2D eigenvalue weighted by atomic mass is 15.1. The molecule has 0 fully saturated rings. The molecule has 23 heavy (non-hydrogen) atoms. The van der Waals surface area contributed by atoms with E-state index in [9.17, 15) is 0 Å². The average Bonchev–Trinajstić information content (AvgIpc) is 2.56. The Balaban J connectivity index is 3.38. The molecule has 0 atom stereocenters. The van der Waals surface area contributed by atoms with Crippen LogP contribution in [0, 0.1) is 0 Å². The fourth-order valence-electron chi connectivity index (χ4n) is 3.31. The topological polar surface area (TPSA) is 29.3 Å². The van der Waals surface area contributed by atoms with Crippen LogP contribution in [0.2, 0.25) is 0 Å². The van der Waals surface area contributed by atoms with E-state index >= 15 is 0 Å². The molecule has 2 N–H and O–H groups in total. The Labute approximate surface area is 147 Å². The third kappa shape index (κ3) is 18.1. The normalized spacial score (nSPS) is 11.5. The lowest BCUT2D eigenvalue weighted by Crippen LogP contribution is -2.27. The van der Waals surface area contributed by atoms with Gasteiger partial charge in [0.05, 0.1) is 0 Å². The summed E-state index contributed by atoms with van der Waals surface area (Å²) in [6.45, 7) is 9.37. The highest BCUT2D eigenvalue weighted by Crippen LogP contribution is 2.11. The first-order valence-electron chi connectivity index (χ1n) is 10.8. The standard InChI is InChI=1S/C21H46N2/c1-3-5-6-7-8-9-10-11-13-16-20-23(19-4-2)21-17-14-12-15-18-22/h3-22H2,1-2H3. The monoisotopic (exact) mass is 326 g/mol. The Morgan fingerprint density at radius 2 is 0.913 bits per heavy atom. The second-order valence-corrected chi connectivity index (χ2v) is 7.23. The summed E-state index contributed by atoms with van der Waals surface area (Å²) < 4.78 is 0.